The summed E-state index contributed by atoms with van der Waals surface area (Å²) in [5.41, 5.74) is 3.11. The molecule has 2 heterocycles. The van der Waals surface area contributed by atoms with Crippen LogP contribution in [-0.2, 0) is 0 Å². The van der Waals surface area contributed by atoms with Gasteiger partial charge >= 0.3 is 0 Å². The first-order valence-corrected chi connectivity index (χ1v) is 8.74. The third-order valence-electron chi connectivity index (χ3n) is 4.49. The summed E-state index contributed by atoms with van der Waals surface area (Å²) in [6.07, 6.45) is 3.47. The molecule has 0 aliphatic rings. The molecule has 0 saturated carbocycles. The molecule has 0 aliphatic carbocycles. The summed E-state index contributed by atoms with van der Waals surface area (Å²) in [7, 11) is 0. The van der Waals surface area contributed by atoms with Gasteiger partial charge < -0.3 is 14.7 Å². The molecule has 0 unspecified atom stereocenters. The van der Waals surface area contributed by atoms with Crippen molar-refractivity contribution in [2.24, 2.45) is 0 Å². The Kier molecular flexibility index (Phi) is 4.50. The maximum atomic E-state index is 12.3. The molecule has 130 valence electrons. The van der Waals surface area contributed by atoms with Crippen LogP contribution in [0, 0.1) is 0 Å². The molecular weight excluding hydrogens is 348 g/mol. The number of aromatic nitrogens is 1. The lowest BCUT2D eigenvalue weighted by Gasteiger charge is -2.19. The van der Waals surface area contributed by atoms with Crippen LogP contribution >= 0.6 is 11.6 Å². The van der Waals surface area contributed by atoms with Gasteiger partial charge in [-0.2, -0.15) is 0 Å². The zero-order chi connectivity index (χ0) is 17.9. The highest BCUT2D eigenvalue weighted by molar-refractivity contribution is 6.31. The summed E-state index contributed by atoms with van der Waals surface area (Å²) in [4.78, 5) is 15.6. The Morgan fingerprint density at radius 2 is 1.85 bits per heavy atom. The molecule has 4 aromatic rings. The Balaban J connectivity index is 1.70. The molecule has 1 atom stereocenters. The number of hydrogen-bond donors (Lipinski definition) is 2. The summed E-state index contributed by atoms with van der Waals surface area (Å²) in [6.45, 7) is 0.408. The quantitative estimate of drug-likeness (QED) is 0.525. The van der Waals surface area contributed by atoms with Crippen LogP contribution in [0.3, 0.4) is 0 Å². The molecule has 5 heteroatoms. The van der Waals surface area contributed by atoms with Gasteiger partial charge in [-0.05, 0) is 35.4 Å². The minimum Gasteiger partial charge on any atom is -0.459 e. The van der Waals surface area contributed by atoms with Gasteiger partial charge in [-0.1, -0.05) is 48.0 Å². The fourth-order valence-corrected chi connectivity index (χ4v) is 3.48. The van der Waals surface area contributed by atoms with Crippen LogP contribution in [0.1, 0.15) is 27.6 Å². The second-order valence-corrected chi connectivity index (χ2v) is 6.46. The van der Waals surface area contributed by atoms with Crippen LogP contribution in [0.4, 0.5) is 0 Å². The van der Waals surface area contributed by atoms with Crippen molar-refractivity contribution >= 4 is 28.4 Å². The molecule has 2 N–H and O–H groups in total. The predicted octanol–water partition coefficient (Wildman–Crippen LogP) is 4.98. The van der Waals surface area contributed by atoms with Crippen molar-refractivity contribution in [3.63, 3.8) is 0 Å². The zero-order valence-corrected chi connectivity index (χ0v) is 14.7. The van der Waals surface area contributed by atoms with Gasteiger partial charge in [0.2, 0.25) is 0 Å². The van der Waals surface area contributed by atoms with E-state index < -0.39 is 0 Å². The summed E-state index contributed by atoms with van der Waals surface area (Å²) < 4.78 is 5.17. The number of nitrogens with one attached hydrogen (secondary N) is 2. The van der Waals surface area contributed by atoms with Gasteiger partial charge in [0.15, 0.2) is 5.76 Å². The Bertz CT molecular complexity index is 1040. The minimum atomic E-state index is -0.244. The number of para-hydroxylation sites is 1. The second-order valence-electron chi connectivity index (χ2n) is 6.05. The number of fused-ring (bicyclic) bond motifs is 1. The number of benzene rings is 2. The van der Waals surface area contributed by atoms with Crippen LogP contribution in [0.25, 0.3) is 10.9 Å². The maximum Gasteiger partial charge on any atom is 0.287 e. The summed E-state index contributed by atoms with van der Waals surface area (Å²) in [5, 5.41) is 4.75. The van der Waals surface area contributed by atoms with Gasteiger partial charge in [-0.3, -0.25) is 4.79 Å². The van der Waals surface area contributed by atoms with E-state index in [1.165, 1.54) is 6.26 Å². The van der Waals surface area contributed by atoms with Crippen molar-refractivity contribution in [3.05, 3.63) is 95.0 Å². The monoisotopic (exact) mass is 364 g/mol. The number of carbonyl (C=O) groups excluding carboxylic acids is 1. The summed E-state index contributed by atoms with van der Waals surface area (Å²) in [5.74, 6) is -0.0347. The lowest BCUT2D eigenvalue weighted by atomic mass is 9.90. The fourth-order valence-electron chi connectivity index (χ4n) is 3.22. The van der Waals surface area contributed by atoms with E-state index in [2.05, 4.69) is 16.4 Å². The van der Waals surface area contributed by atoms with Gasteiger partial charge in [-0.15, -0.1) is 0 Å². The molecule has 1 amide bonds. The third kappa shape index (κ3) is 3.11. The molecular formula is C21H17ClN2O2. The van der Waals surface area contributed by atoms with Crippen molar-refractivity contribution in [2.45, 2.75) is 5.92 Å². The van der Waals surface area contributed by atoms with Crippen LogP contribution in [-0.4, -0.2) is 17.4 Å². The Hall–Kier alpha value is -2.98. The van der Waals surface area contributed by atoms with E-state index in [9.17, 15) is 4.79 Å². The lowest BCUT2D eigenvalue weighted by molar-refractivity contribution is 0.0925. The first-order chi connectivity index (χ1) is 12.7. The van der Waals surface area contributed by atoms with Gasteiger partial charge in [0.25, 0.3) is 5.91 Å². The van der Waals surface area contributed by atoms with Gasteiger partial charge in [0.05, 0.1) is 6.26 Å². The predicted molar refractivity (Wildman–Crippen MR) is 103 cm³/mol. The SMILES string of the molecule is O=C(NC[C@@H](c1ccccc1Cl)c1c[nH]c2ccccc12)c1ccco1. The smallest absolute Gasteiger partial charge is 0.287 e. The Morgan fingerprint density at radius 1 is 1.04 bits per heavy atom. The van der Waals surface area contributed by atoms with Crippen molar-refractivity contribution in [1.82, 2.24) is 10.3 Å². The maximum absolute atomic E-state index is 12.3. The molecule has 2 aromatic carbocycles. The minimum absolute atomic E-state index is 0.0845. The van der Waals surface area contributed by atoms with Crippen LogP contribution < -0.4 is 5.32 Å². The number of amides is 1. The second kappa shape index (κ2) is 7.10. The van der Waals surface area contributed by atoms with E-state index in [1.54, 1.807) is 12.1 Å². The molecule has 0 spiro atoms. The number of hydrogen-bond acceptors (Lipinski definition) is 2. The molecule has 26 heavy (non-hydrogen) atoms. The summed E-state index contributed by atoms with van der Waals surface area (Å²) >= 11 is 6.46. The largest absolute Gasteiger partial charge is 0.459 e. The van der Waals surface area contributed by atoms with Crippen molar-refractivity contribution < 1.29 is 9.21 Å². The standard InChI is InChI=1S/C21H17ClN2O2/c22-18-8-3-1-6-14(18)16(13-24-21(25)20-10-5-11-26-20)17-12-23-19-9-4-2-7-15(17)19/h1-12,16,23H,13H2,(H,24,25)/t16-/m0/s1. The average molecular weight is 365 g/mol. The topological polar surface area (TPSA) is 58.0 Å². The molecule has 0 radical (unpaired) electrons. The van der Waals surface area contributed by atoms with Crippen LogP contribution in [0.2, 0.25) is 5.02 Å². The van der Waals surface area contributed by atoms with E-state index in [-0.39, 0.29) is 11.8 Å². The van der Waals surface area contributed by atoms with E-state index in [0.29, 0.717) is 17.3 Å². The molecule has 2 aromatic heterocycles. The van der Waals surface area contributed by atoms with Crippen molar-refractivity contribution in [2.75, 3.05) is 6.54 Å². The zero-order valence-electron chi connectivity index (χ0n) is 13.9. The van der Waals surface area contributed by atoms with E-state index in [1.807, 2.05) is 48.7 Å². The number of H-pyrrole nitrogens is 1. The molecule has 0 bridgehead atoms. The van der Waals surface area contributed by atoms with Gasteiger partial charge in [0.1, 0.15) is 0 Å². The molecule has 4 rings (SSSR count). The Morgan fingerprint density at radius 3 is 2.65 bits per heavy atom. The number of halogens is 1. The van der Waals surface area contributed by atoms with E-state index in [4.69, 9.17) is 16.0 Å². The highest BCUT2D eigenvalue weighted by atomic mass is 35.5. The molecule has 4 nitrogen and oxygen atoms in total. The number of carbonyl (C=O) groups is 1. The van der Waals surface area contributed by atoms with Crippen molar-refractivity contribution in [1.29, 1.82) is 0 Å². The first-order valence-electron chi connectivity index (χ1n) is 8.36. The normalized spacial score (nSPS) is 12.2. The first kappa shape index (κ1) is 16.5. The average Bonchev–Trinajstić information content (AvgIpc) is 3.33. The van der Waals surface area contributed by atoms with Crippen LogP contribution in [0.15, 0.2) is 77.5 Å². The van der Waals surface area contributed by atoms with E-state index >= 15 is 0 Å². The summed E-state index contributed by atoms with van der Waals surface area (Å²) in [6, 6.07) is 19.2. The van der Waals surface area contributed by atoms with Crippen LogP contribution in [0.5, 0.6) is 0 Å². The molecule has 0 aliphatic heterocycles. The van der Waals surface area contributed by atoms with Gasteiger partial charge in [-0.25, -0.2) is 0 Å². The Labute approximate surface area is 155 Å². The van der Waals surface area contributed by atoms with E-state index in [0.717, 1.165) is 22.0 Å². The molecule has 0 fully saturated rings. The third-order valence-corrected chi connectivity index (χ3v) is 4.83. The number of rotatable bonds is 5. The highest BCUT2D eigenvalue weighted by Crippen LogP contribution is 2.34. The number of furan rings is 1. The lowest BCUT2D eigenvalue weighted by Crippen LogP contribution is -2.28. The highest BCUT2D eigenvalue weighted by Gasteiger charge is 2.21. The van der Waals surface area contributed by atoms with Gasteiger partial charge in [0, 0.05) is 34.6 Å². The van der Waals surface area contributed by atoms with Crippen molar-refractivity contribution in [3.8, 4) is 0 Å². The molecule has 0 saturated heterocycles. The fraction of sp³-hybridized carbons (Fsp3) is 0.0952. The number of aromatic amines is 1.